The first-order chi connectivity index (χ1) is 16.1. The van der Waals surface area contributed by atoms with Gasteiger partial charge in [-0.15, -0.1) is 0 Å². The number of carbonyl (C=O) groups excluding carboxylic acids is 2. The van der Waals surface area contributed by atoms with Crippen molar-refractivity contribution < 1.29 is 22.7 Å². The quantitative estimate of drug-likeness (QED) is 0.473. The SMILES string of the molecule is CCCNC(=O)[C@@H](CC)N(Cc1cccc(OC)c1)C(=O)CN(C)S(=O)(=O)c1ccc(Cl)cc1. The molecule has 0 fully saturated rings. The molecule has 0 radical (unpaired) electrons. The van der Waals surface area contributed by atoms with E-state index in [0.717, 1.165) is 16.3 Å². The third-order valence-electron chi connectivity index (χ3n) is 5.30. The van der Waals surface area contributed by atoms with Gasteiger partial charge in [0.05, 0.1) is 18.6 Å². The molecule has 186 valence electrons. The van der Waals surface area contributed by atoms with E-state index in [0.29, 0.717) is 23.7 Å². The number of halogens is 1. The van der Waals surface area contributed by atoms with Crippen LogP contribution in [0.1, 0.15) is 32.3 Å². The summed E-state index contributed by atoms with van der Waals surface area (Å²) in [5.41, 5.74) is 0.762. The lowest BCUT2D eigenvalue weighted by atomic mass is 10.1. The molecule has 0 bridgehead atoms. The lowest BCUT2D eigenvalue weighted by Crippen LogP contribution is -2.51. The van der Waals surface area contributed by atoms with E-state index >= 15 is 0 Å². The molecule has 2 amide bonds. The van der Waals surface area contributed by atoms with Crippen LogP contribution in [0, 0.1) is 0 Å². The van der Waals surface area contributed by atoms with E-state index in [1.807, 2.05) is 19.9 Å². The zero-order valence-electron chi connectivity index (χ0n) is 20.0. The van der Waals surface area contributed by atoms with Crippen molar-refractivity contribution in [3.63, 3.8) is 0 Å². The maximum Gasteiger partial charge on any atom is 0.243 e. The Kier molecular flexibility index (Phi) is 10.3. The maximum atomic E-state index is 13.4. The highest BCUT2D eigenvalue weighted by atomic mass is 35.5. The Morgan fingerprint density at radius 2 is 1.79 bits per heavy atom. The summed E-state index contributed by atoms with van der Waals surface area (Å²) in [4.78, 5) is 27.7. The van der Waals surface area contributed by atoms with Crippen molar-refractivity contribution in [1.29, 1.82) is 0 Å². The lowest BCUT2D eigenvalue weighted by molar-refractivity contribution is -0.141. The molecule has 2 aromatic carbocycles. The molecule has 8 nitrogen and oxygen atoms in total. The zero-order valence-corrected chi connectivity index (χ0v) is 21.5. The number of methoxy groups -OCH3 is 1. The Bertz CT molecular complexity index is 1080. The van der Waals surface area contributed by atoms with Crippen LogP contribution in [0.15, 0.2) is 53.4 Å². The number of nitrogens with one attached hydrogen (secondary N) is 1. The van der Waals surface area contributed by atoms with Gasteiger partial charge in [0.15, 0.2) is 0 Å². The summed E-state index contributed by atoms with van der Waals surface area (Å²) in [6.07, 6.45) is 1.13. The summed E-state index contributed by atoms with van der Waals surface area (Å²) in [5, 5.41) is 3.25. The van der Waals surface area contributed by atoms with Crippen LogP contribution < -0.4 is 10.1 Å². The number of hydrogen-bond donors (Lipinski definition) is 1. The number of sulfonamides is 1. The topological polar surface area (TPSA) is 96.0 Å². The largest absolute Gasteiger partial charge is 0.497 e. The highest BCUT2D eigenvalue weighted by Gasteiger charge is 2.31. The number of amides is 2. The highest BCUT2D eigenvalue weighted by Crippen LogP contribution is 2.20. The van der Waals surface area contributed by atoms with Crippen molar-refractivity contribution in [3.8, 4) is 5.75 Å². The minimum Gasteiger partial charge on any atom is -0.497 e. The molecule has 0 aliphatic carbocycles. The van der Waals surface area contributed by atoms with Crippen LogP contribution in [0.3, 0.4) is 0 Å². The number of ether oxygens (including phenoxy) is 1. The second-order valence-electron chi connectivity index (χ2n) is 7.80. The normalized spacial score (nSPS) is 12.3. The molecule has 2 rings (SSSR count). The number of benzene rings is 2. The molecule has 0 aromatic heterocycles. The molecule has 1 N–H and O–H groups in total. The molecule has 34 heavy (non-hydrogen) atoms. The van der Waals surface area contributed by atoms with Crippen LogP contribution in [0.2, 0.25) is 5.02 Å². The number of rotatable bonds is 12. The van der Waals surface area contributed by atoms with E-state index < -0.39 is 28.5 Å². The van der Waals surface area contributed by atoms with Crippen LogP contribution in [0.25, 0.3) is 0 Å². The fourth-order valence-electron chi connectivity index (χ4n) is 3.41. The van der Waals surface area contributed by atoms with E-state index in [1.54, 1.807) is 25.3 Å². The minimum absolute atomic E-state index is 0.0271. The van der Waals surface area contributed by atoms with Crippen LogP contribution in [-0.4, -0.2) is 62.7 Å². The second kappa shape index (κ2) is 12.7. The van der Waals surface area contributed by atoms with Gasteiger partial charge in [-0.25, -0.2) is 8.42 Å². The number of carbonyl (C=O) groups is 2. The summed E-state index contributed by atoms with van der Waals surface area (Å²) >= 11 is 5.87. The fraction of sp³-hybridized carbons (Fsp3) is 0.417. The van der Waals surface area contributed by atoms with Gasteiger partial charge in [0.1, 0.15) is 11.8 Å². The molecule has 0 saturated carbocycles. The summed E-state index contributed by atoms with van der Waals surface area (Å²) in [6.45, 7) is 3.95. The van der Waals surface area contributed by atoms with E-state index in [1.165, 1.54) is 36.2 Å². The summed E-state index contributed by atoms with van der Waals surface area (Å²) in [7, 11) is -1.04. The smallest absolute Gasteiger partial charge is 0.243 e. The van der Waals surface area contributed by atoms with Gasteiger partial charge in [0.25, 0.3) is 0 Å². The number of likely N-dealkylation sites (N-methyl/N-ethyl adjacent to an activating group) is 1. The third-order valence-corrected chi connectivity index (χ3v) is 7.37. The molecule has 0 saturated heterocycles. The Morgan fingerprint density at radius 3 is 2.38 bits per heavy atom. The van der Waals surface area contributed by atoms with E-state index in [2.05, 4.69) is 5.32 Å². The van der Waals surface area contributed by atoms with Crippen molar-refractivity contribution in [2.24, 2.45) is 0 Å². The highest BCUT2D eigenvalue weighted by molar-refractivity contribution is 7.89. The standard InChI is InChI=1S/C24H32ClN3O5S/c1-5-14-26-24(30)22(6-2)28(16-18-8-7-9-20(15-18)33-4)23(29)17-27(3)34(31,32)21-12-10-19(25)11-13-21/h7-13,15,22H,5-6,14,16-17H2,1-4H3,(H,26,30)/t22-/m1/s1. The van der Waals surface area contributed by atoms with Crippen molar-refractivity contribution in [3.05, 3.63) is 59.1 Å². The first kappa shape index (κ1) is 27.6. The molecule has 0 aliphatic rings. The lowest BCUT2D eigenvalue weighted by Gasteiger charge is -2.32. The second-order valence-corrected chi connectivity index (χ2v) is 10.3. The Labute approximate surface area is 206 Å². The van der Waals surface area contributed by atoms with E-state index in [-0.39, 0.29) is 17.3 Å². The Morgan fingerprint density at radius 1 is 1.12 bits per heavy atom. The molecule has 0 spiro atoms. The van der Waals surface area contributed by atoms with Gasteiger partial charge in [-0.3, -0.25) is 9.59 Å². The average Bonchev–Trinajstić information content (AvgIpc) is 2.82. The first-order valence-electron chi connectivity index (χ1n) is 11.1. The third kappa shape index (κ3) is 7.19. The zero-order chi connectivity index (χ0) is 25.3. The first-order valence-corrected chi connectivity index (χ1v) is 12.9. The fourth-order valence-corrected chi connectivity index (χ4v) is 4.65. The average molecular weight is 510 g/mol. The van der Waals surface area contributed by atoms with Gasteiger partial charge in [-0.1, -0.05) is 37.6 Å². The van der Waals surface area contributed by atoms with Crippen LogP contribution >= 0.6 is 11.6 Å². The Hall–Kier alpha value is -2.62. The van der Waals surface area contributed by atoms with Gasteiger partial charge < -0.3 is 15.0 Å². The van der Waals surface area contributed by atoms with Gasteiger partial charge in [0.2, 0.25) is 21.8 Å². The van der Waals surface area contributed by atoms with Crippen LogP contribution in [0.4, 0.5) is 0 Å². The van der Waals surface area contributed by atoms with Gasteiger partial charge in [-0.2, -0.15) is 4.31 Å². The molecule has 0 unspecified atom stereocenters. The molecule has 0 heterocycles. The number of nitrogens with zero attached hydrogens (tertiary/aromatic N) is 2. The predicted octanol–water partition coefficient (Wildman–Crippen LogP) is 3.30. The van der Waals surface area contributed by atoms with Crippen LogP contribution in [0.5, 0.6) is 5.75 Å². The molecule has 0 aliphatic heterocycles. The molecule has 2 aromatic rings. The summed E-state index contributed by atoms with van der Waals surface area (Å²) in [6, 6.07) is 12.2. The van der Waals surface area contributed by atoms with Crippen molar-refractivity contribution in [1.82, 2.24) is 14.5 Å². The summed E-state index contributed by atoms with van der Waals surface area (Å²) in [5.74, 6) is -0.138. The van der Waals surface area contributed by atoms with E-state index in [4.69, 9.17) is 16.3 Å². The van der Waals surface area contributed by atoms with Gasteiger partial charge in [0, 0.05) is 25.2 Å². The van der Waals surface area contributed by atoms with Gasteiger partial charge in [-0.05, 0) is 54.8 Å². The molecular weight excluding hydrogens is 478 g/mol. The van der Waals surface area contributed by atoms with Crippen molar-refractivity contribution in [2.45, 2.75) is 44.2 Å². The molecule has 10 heteroatoms. The Balaban J connectivity index is 2.32. The predicted molar refractivity (Wildman–Crippen MR) is 132 cm³/mol. The minimum atomic E-state index is -3.93. The maximum absolute atomic E-state index is 13.4. The monoisotopic (exact) mass is 509 g/mol. The van der Waals surface area contributed by atoms with Crippen molar-refractivity contribution in [2.75, 3.05) is 27.2 Å². The molecule has 1 atom stereocenters. The number of hydrogen-bond acceptors (Lipinski definition) is 5. The van der Waals surface area contributed by atoms with E-state index in [9.17, 15) is 18.0 Å². The van der Waals surface area contributed by atoms with Gasteiger partial charge >= 0.3 is 0 Å². The molecular formula is C24H32ClN3O5S. The van der Waals surface area contributed by atoms with Crippen molar-refractivity contribution >= 4 is 33.4 Å². The van der Waals surface area contributed by atoms with Crippen LogP contribution in [-0.2, 0) is 26.2 Å². The summed E-state index contributed by atoms with van der Waals surface area (Å²) < 4.78 is 32.2.